The highest BCUT2D eigenvalue weighted by Gasteiger charge is 2.32. The standard InChI is InChI=1S/C17H26N4O3/c1-2-16(22)21-6-3-4-14(12-21)17(23)20-9-7-19(8-10-20)13-15-5-11-24-18-15/h5,11,14H,2-4,6-10,12-13H2,1H3. The van der Waals surface area contributed by atoms with E-state index in [9.17, 15) is 9.59 Å². The second kappa shape index (κ2) is 7.79. The first-order valence-electron chi connectivity index (χ1n) is 8.85. The van der Waals surface area contributed by atoms with Gasteiger partial charge in [-0.2, -0.15) is 0 Å². The normalized spacial score (nSPS) is 22.6. The highest BCUT2D eigenvalue weighted by molar-refractivity contribution is 5.81. The molecule has 0 N–H and O–H groups in total. The number of nitrogens with zero attached hydrogens (tertiary/aromatic N) is 4. The summed E-state index contributed by atoms with van der Waals surface area (Å²) in [4.78, 5) is 30.8. The average molecular weight is 334 g/mol. The predicted molar refractivity (Wildman–Crippen MR) is 88.0 cm³/mol. The number of rotatable bonds is 4. The predicted octanol–water partition coefficient (Wildman–Crippen LogP) is 0.967. The van der Waals surface area contributed by atoms with Crippen molar-refractivity contribution in [2.45, 2.75) is 32.7 Å². The van der Waals surface area contributed by atoms with Gasteiger partial charge in [-0.25, -0.2) is 0 Å². The molecule has 1 unspecified atom stereocenters. The Kier molecular flexibility index (Phi) is 5.50. The van der Waals surface area contributed by atoms with Gasteiger partial charge in [-0.1, -0.05) is 12.1 Å². The fourth-order valence-corrected chi connectivity index (χ4v) is 3.56. The second-order valence-corrected chi connectivity index (χ2v) is 6.62. The van der Waals surface area contributed by atoms with Crippen molar-refractivity contribution in [2.24, 2.45) is 5.92 Å². The molecule has 2 fully saturated rings. The molecule has 3 heterocycles. The highest BCUT2D eigenvalue weighted by Crippen LogP contribution is 2.20. The summed E-state index contributed by atoms with van der Waals surface area (Å²) < 4.78 is 4.86. The van der Waals surface area contributed by atoms with Gasteiger partial charge in [-0.3, -0.25) is 14.5 Å². The molecule has 7 nitrogen and oxygen atoms in total. The number of carbonyl (C=O) groups is 2. The lowest BCUT2D eigenvalue weighted by Gasteiger charge is -2.38. The summed E-state index contributed by atoms with van der Waals surface area (Å²) >= 11 is 0. The topological polar surface area (TPSA) is 69.9 Å². The highest BCUT2D eigenvalue weighted by atomic mass is 16.5. The molecule has 2 amide bonds. The van der Waals surface area contributed by atoms with Crippen LogP contribution >= 0.6 is 0 Å². The summed E-state index contributed by atoms with van der Waals surface area (Å²) in [5.41, 5.74) is 0.927. The van der Waals surface area contributed by atoms with Crippen molar-refractivity contribution in [3.63, 3.8) is 0 Å². The van der Waals surface area contributed by atoms with Gasteiger partial charge in [0, 0.05) is 58.3 Å². The van der Waals surface area contributed by atoms with Crippen LogP contribution in [0.4, 0.5) is 0 Å². The van der Waals surface area contributed by atoms with Crippen molar-refractivity contribution < 1.29 is 14.1 Å². The Labute approximate surface area is 142 Å². The minimum Gasteiger partial charge on any atom is -0.364 e. The summed E-state index contributed by atoms with van der Waals surface area (Å²) in [6.07, 6.45) is 3.92. The van der Waals surface area contributed by atoms with Gasteiger partial charge < -0.3 is 14.3 Å². The fourth-order valence-electron chi connectivity index (χ4n) is 3.56. The molecule has 1 aromatic rings. The summed E-state index contributed by atoms with van der Waals surface area (Å²) in [7, 11) is 0. The number of hydrogen-bond donors (Lipinski definition) is 0. The van der Waals surface area contributed by atoms with Crippen LogP contribution in [0.15, 0.2) is 16.9 Å². The molecule has 2 aliphatic rings. The van der Waals surface area contributed by atoms with Crippen LogP contribution in [-0.2, 0) is 16.1 Å². The van der Waals surface area contributed by atoms with E-state index in [4.69, 9.17) is 4.52 Å². The average Bonchev–Trinajstić information content (AvgIpc) is 3.14. The van der Waals surface area contributed by atoms with Gasteiger partial charge in [0.25, 0.3) is 0 Å². The molecular weight excluding hydrogens is 308 g/mol. The third-order valence-corrected chi connectivity index (χ3v) is 4.99. The van der Waals surface area contributed by atoms with Crippen LogP contribution in [0.3, 0.4) is 0 Å². The van der Waals surface area contributed by atoms with Crippen molar-refractivity contribution in [1.29, 1.82) is 0 Å². The molecule has 0 bridgehead atoms. The van der Waals surface area contributed by atoms with Crippen LogP contribution in [-0.4, -0.2) is 70.9 Å². The Bertz CT molecular complexity index is 552. The molecule has 0 aromatic carbocycles. The zero-order valence-electron chi connectivity index (χ0n) is 14.3. The van der Waals surface area contributed by atoms with E-state index in [0.29, 0.717) is 13.0 Å². The first-order valence-corrected chi connectivity index (χ1v) is 8.85. The van der Waals surface area contributed by atoms with E-state index in [0.717, 1.165) is 57.8 Å². The molecule has 0 radical (unpaired) electrons. The monoisotopic (exact) mass is 334 g/mol. The Morgan fingerprint density at radius 1 is 1.21 bits per heavy atom. The van der Waals surface area contributed by atoms with Crippen LogP contribution < -0.4 is 0 Å². The molecule has 0 aliphatic carbocycles. The lowest BCUT2D eigenvalue weighted by atomic mass is 9.96. The van der Waals surface area contributed by atoms with E-state index in [2.05, 4.69) is 10.1 Å². The zero-order chi connectivity index (χ0) is 16.9. The molecular formula is C17H26N4O3. The zero-order valence-corrected chi connectivity index (χ0v) is 14.3. The lowest BCUT2D eigenvalue weighted by Crippen LogP contribution is -2.52. The third kappa shape index (κ3) is 3.95. The number of aromatic nitrogens is 1. The summed E-state index contributed by atoms with van der Waals surface area (Å²) in [5.74, 6) is 0.339. The van der Waals surface area contributed by atoms with Crippen molar-refractivity contribution in [3.05, 3.63) is 18.0 Å². The molecule has 2 saturated heterocycles. The van der Waals surface area contributed by atoms with Gasteiger partial charge in [-0.05, 0) is 12.8 Å². The molecule has 0 saturated carbocycles. The number of piperazine rings is 1. The van der Waals surface area contributed by atoms with Crippen molar-refractivity contribution in [3.8, 4) is 0 Å². The van der Waals surface area contributed by atoms with E-state index in [1.807, 2.05) is 22.8 Å². The van der Waals surface area contributed by atoms with Gasteiger partial charge in [-0.15, -0.1) is 0 Å². The van der Waals surface area contributed by atoms with Crippen LogP contribution in [0, 0.1) is 5.92 Å². The smallest absolute Gasteiger partial charge is 0.227 e. The molecule has 1 aromatic heterocycles. The van der Waals surface area contributed by atoms with Gasteiger partial charge in [0.1, 0.15) is 6.26 Å². The molecule has 3 rings (SSSR count). The van der Waals surface area contributed by atoms with Crippen LogP contribution in [0.5, 0.6) is 0 Å². The van der Waals surface area contributed by atoms with Crippen LogP contribution in [0.1, 0.15) is 31.9 Å². The maximum atomic E-state index is 12.8. The number of likely N-dealkylation sites (tertiary alicyclic amines) is 1. The summed E-state index contributed by atoms with van der Waals surface area (Å²) in [6, 6.07) is 1.87. The largest absolute Gasteiger partial charge is 0.364 e. The number of hydrogen-bond acceptors (Lipinski definition) is 5. The van der Waals surface area contributed by atoms with E-state index in [1.165, 1.54) is 0 Å². The fraction of sp³-hybridized carbons (Fsp3) is 0.706. The molecule has 1 atom stereocenters. The first kappa shape index (κ1) is 17.0. The van der Waals surface area contributed by atoms with Gasteiger partial charge >= 0.3 is 0 Å². The Hall–Kier alpha value is -1.89. The van der Waals surface area contributed by atoms with E-state index < -0.39 is 0 Å². The molecule has 24 heavy (non-hydrogen) atoms. The second-order valence-electron chi connectivity index (χ2n) is 6.62. The first-order chi connectivity index (χ1) is 11.7. The quantitative estimate of drug-likeness (QED) is 0.820. The third-order valence-electron chi connectivity index (χ3n) is 4.99. The van der Waals surface area contributed by atoms with E-state index >= 15 is 0 Å². The summed E-state index contributed by atoms with van der Waals surface area (Å²) in [5, 5.41) is 3.94. The molecule has 2 aliphatic heterocycles. The Morgan fingerprint density at radius 2 is 2.00 bits per heavy atom. The number of amides is 2. The van der Waals surface area contributed by atoms with Gasteiger partial charge in [0.15, 0.2) is 0 Å². The molecule has 132 valence electrons. The van der Waals surface area contributed by atoms with E-state index in [-0.39, 0.29) is 17.7 Å². The van der Waals surface area contributed by atoms with E-state index in [1.54, 1.807) is 6.26 Å². The minimum absolute atomic E-state index is 0.0312. The maximum Gasteiger partial charge on any atom is 0.227 e. The Balaban J connectivity index is 1.48. The number of piperidine rings is 1. The molecule has 0 spiro atoms. The molecule has 7 heteroatoms. The maximum absolute atomic E-state index is 12.8. The lowest BCUT2D eigenvalue weighted by molar-refractivity contribution is -0.142. The number of carbonyl (C=O) groups excluding carboxylic acids is 2. The van der Waals surface area contributed by atoms with Gasteiger partial charge in [0.05, 0.1) is 11.6 Å². The summed E-state index contributed by atoms with van der Waals surface area (Å²) in [6.45, 7) is 7.21. The van der Waals surface area contributed by atoms with Crippen LogP contribution in [0.2, 0.25) is 0 Å². The minimum atomic E-state index is -0.0312. The Morgan fingerprint density at radius 3 is 2.67 bits per heavy atom. The van der Waals surface area contributed by atoms with Gasteiger partial charge in [0.2, 0.25) is 11.8 Å². The van der Waals surface area contributed by atoms with Crippen LogP contribution in [0.25, 0.3) is 0 Å². The van der Waals surface area contributed by atoms with Crippen molar-refractivity contribution >= 4 is 11.8 Å². The SMILES string of the molecule is CCC(=O)N1CCCC(C(=O)N2CCN(Cc3ccon3)CC2)C1. The van der Waals surface area contributed by atoms with Crippen molar-refractivity contribution in [2.75, 3.05) is 39.3 Å². The van der Waals surface area contributed by atoms with Crippen molar-refractivity contribution in [1.82, 2.24) is 19.9 Å².